The number of carbonyl (C=O) groups is 1. The van der Waals surface area contributed by atoms with E-state index in [1.54, 1.807) is 0 Å². The summed E-state index contributed by atoms with van der Waals surface area (Å²) in [6.07, 6.45) is -3.94. The highest BCUT2D eigenvalue weighted by Gasteiger charge is 2.30. The van der Waals surface area contributed by atoms with Gasteiger partial charge in [-0.2, -0.15) is 13.2 Å². The van der Waals surface area contributed by atoms with E-state index < -0.39 is 16.7 Å². The van der Waals surface area contributed by atoms with E-state index in [0.717, 1.165) is 30.0 Å². The summed E-state index contributed by atoms with van der Waals surface area (Å²) >= 11 is 1.04. The minimum Gasteiger partial charge on any atom is -0.298 e. The number of hydrogen-bond donors (Lipinski definition) is 0. The van der Waals surface area contributed by atoms with Crippen LogP contribution in [0.5, 0.6) is 0 Å². The van der Waals surface area contributed by atoms with Crippen molar-refractivity contribution >= 4 is 23.7 Å². The quantitative estimate of drug-likeness (QED) is 0.342. The molecule has 0 saturated heterocycles. The average Bonchev–Trinajstić information content (AvgIpc) is 2.52. The molecule has 0 spiro atoms. The molecule has 8 heteroatoms. The lowest BCUT2D eigenvalue weighted by Crippen LogP contribution is -2.04. The Morgan fingerprint density at radius 2 is 1.91 bits per heavy atom. The van der Waals surface area contributed by atoms with Gasteiger partial charge in [0.05, 0.1) is 15.4 Å². The summed E-state index contributed by atoms with van der Waals surface area (Å²) in [6.45, 7) is 0. The number of benzene rings is 2. The molecule has 0 aliphatic heterocycles. The number of alkyl halides is 3. The molecular formula is C15H10F3NO3S. The van der Waals surface area contributed by atoms with Crippen LogP contribution in [0.2, 0.25) is 0 Å². The maximum atomic E-state index is 12.7. The lowest BCUT2D eigenvalue weighted by atomic mass is 10.1. The van der Waals surface area contributed by atoms with Crippen molar-refractivity contribution in [1.29, 1.82) is 0 Å². The van der Waals surface area contributed by atoms with Crippen LogP contribution in [0, 0.1) is 10.1 Å². The van der Waals surface area contributed by atoms with Gasteiger partial charge in [-0.25, -0.2) is 0 Å². The van der Waals surface area contributed by atoms with Crippen molar-refractivity contribution in [2.45, 2.75) is 16.8 Å². The SMILES string of the molecule is O=Cc1ccc(SCc2cccc(C(F)(F)F)c2)c([N+](=O)[O-])c1. The van der Waals surface area contributed by atoms with Crippen molar-refractivity contribution in [3.8, 4) is 0 Å². The second-order valence-electron chi connectivity index (χ2n) is 4.59. The molecule has 0 atom stereocenters. The van der Waals surface area contributed by atoms with Crippen molar-refractivity contribution in [3.63, 3.8) is 0 Å². The third-order valence-corrected chi connectivity index (χ3v) is 4.10. The normalized spacial score (nSPS) is 11.3. The Labute approximate surface area is 133 Å². The van der Waals surface area contributed by atoms with Gasteiger partial charge in [0.25, 0.3) is 5.69 Å². The van der Waals surface area contributed by atoms with Crippen LogP contribution in [0.3, 0.4) is 0 Å². The fourth-order valence-corrected chi connectivity index (χ4v) is 2.82. The van der Waals surface area contributed by atoms with E-state index in [-0.39, 0.29) is 21.9 Å². The third kappa shape index (κ3) is 4.32. The molecule has 0 bridgehead atoms. The lowest BCUT2D eigenvalue weighted by molar-refractivity contribution is -0.387. The Bertz CT molecular complexity index is 747. The number of nitrogens with zero attached hydrogens (tertiary/aromatic N) is 1. The van der Waals surface area contributed by atoms with Crippen LogP contribution in [0.25, 0.3) is 0 Å². The minimum atomic E-state index is -4.43. The van der Waals surface area contributed by atoms with E-state index in [1.807, 2.05) is 0 Å². The van der Waals surface area contributed by atoms with Crippen LogP contribution in [0.4, 0.5) is 18.9 Å². The average molecular weight is 341 g/mol. The molecule has 0 saturated carbocycles. The Morgan fingerprint density at radius 3 is 2.52 bits per heavy atom. The van der Waals surface area contributed by atoms with Crippen molar-refractivity contribution < 1.29 is 22.9 Å². The van der Waals surface area contributed by atoms with Gasteiger partial charge in [0.1, 0.15) is 6.29 Å². The first-order valence-electron chi connectivity index (χ1n) is 6.34. The van der Waals surface area contributed by atoms with Gasteiger partial charge in [-0.05, 0) is 17.7 Å². The number of rotatable bonds is 5. The van der Waals surface area contributed by atoms with Crippen molar-refractivity contribution in [2.24, 2.45) is 0 Å². The minimum absolute atomic E-state index is 0.144. The number of thioether (sulfide) groups is 1. The van der Waals surface area contributed by atoms with Gasteiger partial charge in [0, 0.05) is 17.4 Å². The van der Waals surface area contributed by atoms with Crippen molar-refractivity contribution in [2.75, 3.05) is 0 Å². The van der Waals surface area contributed by atoms with Crippen LogP contribution in [-0.2, 0) is 11.9 Å². The van der Waals surface area contributed by atoms with Crippen molar-refractivity contribution in [3.05, 3.63) is 69.3 Å². The summed E-state index contributed by atoms with van der Waals surface area (Å²) < 4.78 is 38.0. The molecule has 0 aromatic heterocycles. The van der Waals surface area contributed by atoms with E-state index in [2.05, 4.69) is 0 Å². The third-order valence-electron chi connectivity index (χ3n) is 2.96. The Kier molecular flexibility index (Phi) is 5.05. The molecule has 4 nitrogen and oxygen atoms in total. The molecule has 2 aromatic rings. The fraction of sp³-hybridized carbons (Fsp3) is 0.133. The van der Waals surface area contributed by atoms with E-state index >= 15 is 0 Å². The molecule has 0 fully saturated rings. The molecule has 120 valence electrons. The Morgan fingerprint density at radius 1 is 1.17 bits per heavy atom. The number of nitro groups is 1. The molecule has 0 unspecified atom stereocenters. The highest BCUT2D eigenvalue weighted by molar-refractivity contribution is 7.98. The van der Waals surface area contributed by atoms with Crippen LogP contribution >= 0.6 is 11.8 Å². The van der Waals surface area contributed by atoms with Crippen LogP contribution in [-0.4, -0.2) is 11.2 Å². The summed E-state index contributed by atoms with van der Waals surface area (Å²) in [5, 5.41) is 11.0. The van der Waals surface area contributed by atoms with Gasteiger partial charge < -0.3 is 0 Å². The van der Waals surface area contributed by atoms with E-state index in [9.17, 15) is 28.1 Å². The maximum Gasteiger partial charge on any atom is 0.416 e. The number of carbonyl (C=O) groups excluding carboxylic acids is 1. The smallest absolute Gasteiger partial charge is 0.298 e. The van der Waals surface area contributed by atoms with Crippen LogP contribution in [0.1, 0.15) is 21.5 Å². The van der Waals surface area contributed by atoms with Gasteiger partial charge in [-0.1, -0.05) is 24.3 Å². The first-order valence-corrected chi connectivity index (χ1v) is 7.32. The molecule has 0 aliphatic rings. The molecule has 2 aromatic carbocycles. The summed E-state index contributed by atoms with van der Waals surface area (Å²) in [5.74, 6) is 0.144. The second-order valence-corrected chi connectivity index (χ2v) is 5.61. The topological polar surface area (TPSA) is 60.2 Å². The van der Waals surface area contributed by atoms with Crippen LogP contribution < -0.4 is 0 Å². The number of aldehydes is 1. The van der Waals surface area contributed by atoms with Gasteiger partial charge >= 0.3 is 6.18 Å². The van der Waals surface area contributed by atoms with Crippen molar-refractivity contribution in [1.82, 2.24) is 0 Å². The van der Waals surface area contributed by atoms with E-state index in [1.165, 1.54) is 24.3 Å². The largest absolute Gasteiger partial charge is 0.416 e. The Hall–Kier alpha value is -2.35. The Balaban J connectivity index is 2.21. The summed E-state index contributed by atoms with van der Waals surface area (Å²) in [5.41, 5.74) is -0.438. The van der Waals surface area contributed by atoms with Gasteiger partial charge in [0.2, 0.25) is 0 Å². The standard InChI is InChI=1S/C15H10F3NO3S/c16-15(17,18)12-3-1-2-11(6-12)9-23-14-5-4-10(8-20)7-13(14)19(21)22/h1-8H,9H2. The molecule has 23 heavy (non-hydrogen) atoms. The highest BCUT2D eigenvalue weighted by atomic mass is 32.2. The first-order chi connectivity index (χ1) is 10.8. The van der Waals surface area contributed by atoms with E-state index in [4.69, 9.17) is 0 Å². The first kappa shape index (κ1) is 17.0. The molecule has 2 rings (SSSR count). The predicted molar refractivity (Wildman–Crippen MR) is 79.5 cm³/mol. The molecule has 0 heterocycles. The van der Waals surface area contributed by atoms with E-state index in [0.29, 0.717) is 11.8 Å². The number of nitro benzene ring substituents is 1. The molecule has 0 amide bonds. The maximum absolute atomic E-state index is 12.7. The summed E-state index contributed by atoms with van der Waals surface area (Å²) in [7, 11) is 0. The zero-order valence-electron chi connectivity index (χ0n) is 11.5. The fourth-order valence-electron chi connectivity index (χ4n) is 1.87. The van der Waals surface area contributed by atoms with Gasteiger partial charge in [-0.3, -0.25) is 14.9 Å². The van der Waals surface area contributed by atoms with Gasteiger partial charge in [0.15, 0.2) is 0 Å². The zero-order chi connectivity index (χ0) is 17.0. The monoisotopic (exact) mass is 341 g/mol. The highest BCUT2D eigenvalue weighted by Crippen LogP contribution is 2.34. The second kappa shape index (κ2) is 6.82. The molecular weight excluding hydrogens is 331 g/mol. The summed E-state index contributed by atoms with van der Waals surface area (Å²) in [4.78, 5) is 21.3. The zero-order valence-corrected chi connectivity index (χ0v) is 12.4. The molecule has 0 N–H and O–H groups in total. The van der Waals surface area contributed by atoms with Crippen LogP contribution in [0.15, 0.2) is 47.4 Å². The lowest BCUT2D eigenvalue weighted by Gasteiger charge is -2.09. The molecule has 0 aliphatic carbocycles. The number of halogens is 3. The summed E-state index contributed by atoms with van der Waals surface area (Å²) in [6, 6.07) is 8.78. The number of hydrogen-bond acceptors (Lipinski definition) is 4. The predicted octanol–water partition coefficient (Wildman–Crippen LogP) is 4.72. The van der Waals surface area contributed by atoms with Gasteiger partial charge in [-0.15, -0.1) is 11.8 Å². The molecule has 0 radical (unpaired) electrons.